The molecule has 2 N–H and O–H groups in total. The molecule has 3 nitrogen and oxygen atoms in total. The van der Waals surface area contributed by atoms with Crippen LogP contribution in [0.2, 0.25) is 0 Å². The van der Waals surface area contributed by atoms with Crippen molar-refractivity contribution in [3.8, 4) is 0 Å². The third kappa shape index (κ3) is 3.47. The number of nitrogens with zero attached hydrogens (tertiary/aromatic N) is 1. The van der Waals surface area contributed by atoms with Crippen LogP contribution in [0.15, 0.2) is 35.1 Å². The Morgan fingerprint density at radius 1 is 1.37 bits per heavy atom. The summed E-state index contributed by atoms with van der Waals surface area (Å²) in [4.78, 5) is 4.99. The largest absolute Gasteiger partial charge is 0.472 e. The smallest absolute Gasteiger partial charge is 0.0947 e. The van der Waals surface area contributed by atoms with Gasteiger partial charge in [-0.05, 0) is 38.6 Å². The van der Waals surface area contributed by atoms with E-state index in [9.17, 15) is 0 Å². The second-order valence-electron chi connectivity index (χ2n) is 5.01. The Morgan fingerprint density at radius 3 is 2.68 bits per heavy atom. The van der Waals surface area contributed by atoms with E-state index in [2.05, 4.69) is 37.9 Å². The van der Waals surface area contributed by atoms with Crippen molar-refractivity contribution in [3.05, 3.63) is 46.0 Å². The average Bonchev–Trinajstić information content (AvgIpc) is 3.01. The Labute approximate surface area is 119 Å². The normalized spacial score (nSPS) is 14.8. The number of aryl methyl sites for hydroxylation is 1. The van der Waals surface area contributed by atoms with Crippen LogP contribution in [0.4, 0.5) is 0 Å². The first-order valence-electron chi connectivity index (χ1n) is 6.65. The third-order valence-corrected chi connectivity index (χ3v) is 4.49. The molecule has 0 aliphatic heterocycles. The van der Waals surface area contributed by atoms with E-state index in [0.29, 0.717) is 0 Å². The van der Waals surface area contributed by atoms with Crippen molar-refractivity contribution >= 4 is 11.3 Å². The number of thiophene rings is 1. The van der Waals surface area contributed by atoms with Gasteiger partial charge in [-0.3, -0.25) is 4.90 Å². The highest BCUT2D eigenvalue weighted by atomic mass is 32.1. The van der Waals surface area contributed by atoms with Crippen molar-refractivity contribution in [1.29, 1.82) is 0 Å². The number of rotatable bonds is 6. The summed E-state index contributed by atoms with van der Waals surface area (Å²) in [7, 11) is 2.13. The first-order valence-corrected chi connectivity index (χ1v) is 7.46. The fraction of sp³-hybridized carbons (Fsp3) is 0.467. The average molecular weight is 278 g/mol. The molecule has 2 heterocycles. The Kier molecular flexibility index (Phi) is 4.80. The molecule has 2 unspecified atom stereocenters. The van der Waals surface area contributed by atoms with Crippen LogP contribution >= 0.6 is 11.3 Å². The Bertz CT molecular complexity index is 492. The molecule has 0 radical (unpaired) electrons. The number of furan rings is 1. The first kappa shape index (κ1) is 14.3. The second kappa shape index (κ2) is 6.37. The zero-order valence-corrected chi connectivity index (χ0v) is 12.6. The van der Waals surface area contributed by atoms with E-state index in [-0.39, 0.29) is 12.1 Å². The zero-order valence-electron chi connectivity index (χ0n) is 11.8. The van der Waals surface area contributed by atoms with Crippen LogP contribution in [-0.2, 0) is 6.54 Å². The molecule has 4 heteroatoms. The Morgan fingerprint density at radius 2 is 2.16 bits per heavy atom. The first-order chi connectivity index (χ1) is 9.11. The monoisotopic (exact) mass is 278 g/mol. The summed E-state index contributed by atoms with van der Waals surface area (Å²) in [5.41, 5.74) is 7.51. The summed E-state index contributed by atoms with van der Waals surface area (Å²) in [5.74, 6) is 0. The highest BCUT2D eigenvalue weighted by Gasteiger charge is 2.24. The SMILES string of the molecule is CCC(N)C(c1ccc(C)s1)N(C)Cc1ccoc1. The van der Waals surface area contributed by atoms with E-state index in [4.69, 9.17) is 10.2 Å². The highest BCUT2D eigenvalue weighted by Crippen LogP contribution is 2.30. The lowest BCUT2D eigenvalue weighted by atomic mass is 10.0. The maximum Gasteiger partial charge on any atom is 0.0947 e. The molecule has 2 rings (SSSR count). The number of nitrogens with two attached hydrogens (primary N) is 1. The van der Waals surface area contributed by atoms with Gasteiger partial charge in [0.1, 0.15) is 0 Å². The van der Waals surface area contributed by atoms with Crippen LogP contribution in [0.1, 0.15) is 34.7 Å². The molecular weight excluding hydrogens is 256 g/mol. The quantitative estimate of drug-likeness (QED) is 0.878. The topological polar surface area (TPSA) is 42.4 Å². The van der Waals surface area contributed by atoms with E-state index in [1.54, 1.807) is 12.5 Å². The van der Waals surface area contributed by atoms with Gasteiger partial charge in [0.2, 0.25) is 0 Å². The molecule has 2 atom stereocenters. The fourth-order valence-electron chi connectivity index (χ4n) is 2.36. The fourth-order valence-corrected chi connectivity index (χ4v) is 3.48. The molecule has 0 bridgehead atoms. The van der Waals surface area contributed by atoms with Crippen LogP contribution in [0.3, 0.4) is 0 Å². The molecule has 0 aliphatic carbocycles. The van der Waals surface area contributed by atoms with E-state index in [0.717, 1.165) is 13.0 Å². The minimum Gasteiger partial charge on any atom is -0.472 e. The van der Waals surface area contributed by atoms with E-state index < -0.39 is 0 Å². The van der Waals surface area contributed by atoms with Crippen LogP contribution in [0.25, 0.3) is 0 Å². The van der Waals surface area contributed by atoms with Gasteiger partial charge >= 0.3 is 0 Å². The van der Waals surface area contributed by atoms with Crippen molar-refractivity contribution in [2.24, 2.45) is 5.73 Å². The van der Waals surface area contributed by atoms with Gasteiger partial charge in [0.05, 0.1) is 18.6 Å². The second-order valence-corrected chi connectivity index (χ2v) is 6.33. The van der Waals surface area contributed by atoms with Crippen molar-refractivity contribution < 1.29 is 4.42 Å². The lowest BCUT2D eigenvalue weighted by Crippen LogP contribution is -2.38. The minimum atomic E-state index is 0.148. The zero-order chi connectivity index (χ0) is 13.8. The molecule has 2 aromatic rings. The van der Waals surface area contributed by atoms with Crippen LogP contribution < -0.4 is 5.73 Å². The lowest BCUT2D eigenvalue weighted by molar-refractivity contribution is 0.204. The summed E-state index contributed by atoms with van der Waals surface area (Å²) >= 11 is 1.84. The summed E-state index contributed by atoms with van der Waals surface area (Å²) in [5, 5.41) is 0. The molecule has 19 heavy (non-hydrogen) atoms. The number of hydrogen-bond acceptors (Lipinski definition) is 4. The van der Waals surface area contributed by atoms with Gasteiger partial charge in [-0.25, -0.2) is 0 Å². The molecule has 0 fully saturated rings. The third-order valence-electron chi connectivity index (χ3n) is 3.42. The van der Waals surface area contributed by atoms with Crippen molar-refractivity contribution in [2.75, 3.05) is 7.05 Å². The molecule has 0 aromatic carbocycles. The molecule has 0 saturated heterocycles. The maximum absolute atomic E-state index is 6.33. The van der Waals surface area contributed by atoms with Gasteiger partial charge < -0.3 is 10.2 Å². The van der Waals surface area contributed by atoms with Gasteiger partial charge in [0.15, 0.2) is 0 Å². The van der Waals surface area contributed by atoms with Crippen LogP contribution in [0, 0.1) is 6.92 Å². The lowest BCUT2D eigenvalue weighted by Gasteiger charge is -2.31. The molecule has 0 aliphatic rings. The predicted molar refractivity (Wildman–Crippen MR) is 80.2 cm³/mol. The summed E-state index contributed by atoms with van der Waals surface area (Å²) < 4.78 is 5.14. The van der Waals surface area contributed by atoms with E-state index >= 15 is 0 Å². The van der Waals surface area contributed by atoms with Gasteiger partial charge in [-0.2, -0.15) is 0 Å². The van der Waals surface area contributed by atoms with Gasteiger partial charge in [-0.15, -0.1) is 11.3 Å². The Hall–Kier alpha value is -1.10. The molecule has 0 spiro atoms. The van der Waals surface area contributed by atoms with E-state index in [1.165, 1.54) is 15.3 Å². The molecular formula is C15H22N2OS. The van der Waals surface area contributed by atoms with Crippen molar-refractivity contribution in [1.82, 2.24) is 4.90 Å². The number of likely N-dealkylation sites (N-methyl/N-ethyl adjacent to an activating group) is 1. The summed E-state index contributed by atoms with van der Waals surface area (Å²) in [6.07, 6.45) is 4.48. The predicted octanol–water partition coefficient (Wildman–Crippen LogP) is 3.56. The minimum absolute atomic E-state index is 0.148. The van der Waals surface area contributed by atoms with Crippen molar-refractivity contribution in [2.45, 2.75) is 38.9 Å². The molecule has 0 saturated carbocycles. The van der Waals surface area contributed by atoms with Gasteiger partial charge in [0.25, 0.3) is 0 Å². The molecule has 2 aromatic heterocycles. The highest BCUT2D eigenvalue weighted by molar-refractivity contribution is 7.12. The van der Waals surface area contributed by atoms with Gasteiger partial charge in [0, 0.05) is 27.9 Å². The van der Waals surface area contributed by atoms with E-state index in [1.807, 2.05) is 17.4 Å². The van der Waals surface area contributed by atoms with Crippen LogP contribution in [-0.4, -0.2) is 18.0 Å². The number of hydrogen-bond donors (Lipinski definition) is 1. The molecule has 0 amide bonds. The maximum atomic E-state index is 6.33. The van der Waals surface area contributed by atoms with Crippen molar-refractivity contribution in [3.63, 3.8) is 0 Å². The standard InChI is InChI=1S/C15H22N2OS/c1-4-13(16)15(14-6-5-11(2)19-14)17(3)9-12-7-8-18-10-12/h5-8,10,13,15H,4,9,16H2,1-3H3. The Balaban J connectivity index is 2.17. The van der Waals surface area contributed by atoms with Crippen LogP contribution in [0.5, 0.6) is 0 Å². The summed E-state index contributed by atoms with van der Waals surface area (Å²) in [6.45, 7) is 5.13. The van der Waals surface area contributed by atoms with Gasteiger partial charge in [-0.1, -0.05) is 6.92 Å². The summed E-state index contributed by atoms with van der Waals surface area (Å²) in [6, 6.07) is 6.78. The molecule has 104 valence electrons.